The second-order valence-corrected chi connectivity index (χ2v) is 9.60. The van der Waals surface area contributed by atoms with Gasteiger partial charge in [0.1, 0.15) is 0 Å². The molecule has 2 aliphatic rings. The molecule has 32 heavy (non-hydrogen) atoms. The summed E-state index contributed by atoms with van der Waals surface area (Å²) in [6, 6.07) is 3.48. The number of pyridine rings is 1. The lowest BCUT2D eigenvalue weighted by molar-refractivity contribution is 0.0775. The lowest BCUT2D eigenvalue weighted by Gasteiger charge is -2.37. The molecule has 1 fully saturated rings. The molecule has 1 aliphatic carbocycles. The highest BCUT2D eigenvalue weighted by Crippen LogP contribution is 2.38. The van der Waals surface area contributed by atoms with Crippen molar-refractivity contribution in [3.8, 4) is 0 Å². The van der Waals surface area contributed by atoms with Crippen LogP contribution >= 0.6 is 0 Å². The summed E-state index contributed by atoms with van der Waals surface area (Å²) in [5, 5.41) is 19.2. The first-order chi connectivity index (χ1) is 15.2. The molecule has 0 radical (unpaired) electrons. The van der Waals surface area contributed by atoms with Crippen molar-refractivity contribution in [2.45, 2.75) is 71.1 Å². The molecule has 3 heterocycles. The zero-order chi connectivity index (χ0) is 22.9. The van der Waals surface area contributed by atoms with Crippen LogP contribution in [0.3, 0.4) is 0 Å². The molecule has 0 spiro atoms. The Hall–Kier alpha value is -2.60. The van der Waals surface area contributed by atoms with E-state index >= 15 is 4.39 Å². The fourth-order valence-corrected chi connectivity index (χ4v) is 4.45. The van der Waals surface area contributed by atoms with Crippen LogP contribution in [0.5, 0.6) is 0 Å². The summed E-state index contributed by atoms with van der Waals surface area (Å²) in [6.07, 6.45) is 11.9. The Bertz CT molecular complexity index is 1030. The van der Waals surface area contributed by atoms with Crippen molar-refractivity contribution >= 4 is 5.82 Å². The molecule has 0 aromatic carbocycles. The number of alkyl halides is 1. The number of nitrogens with zero attached hydrogens (tertiary/aromatic N) is 4. The summed E-state index contributed by atoms with van der Waals surface area (Å²) in [7, 11) is 0. The molecule has 5 nitrogen and oxygen atoms in total. The Balaban J connectivity index is 1.46. The molecule has 0 saturated carbocycles. The zero-order valence-corrected chi connectivity index (χ0v) is 19.5. The van der Waals surface area contributed by atoms with E-state index in [2.05, 4.69) is 52.2 Å². The highest BCUT2D eigenvalue weighted by atomic mass is 19.1. The SMILES string of the molecule is Cc1c(CC2=CCCC=C2)nnc(N2CCC(F)(c3ccc(C(C)(C)O)cn3)CC2)c1C. The van der Waals surface area contributed by atoms with Crippen LogP contribution in [0.15, 0.2) is 42.1 Å². The summed E-state index contributed by atoms with van der Waals surface area (Å²) in [5.74, 6) is 0.854. The number of rotatable bonds is 5. The van der Waals surface area contributed by atoms with E-state index in [1.807, 2.05) is 0 Å². The molecular weight excluding hydrogens is 403 g/mol. The van der Waals surface area contributed by atoms with E-state index in [4.69, 9.17) is 0 Å². The summed E-state index contributed by atoms with van der Waals surface area (Å²) in [6.45, 7) is 8.72. The largest absolute Gasteiger partial charge is 0.386 e. The molecule has 0 unspecified atom stereocenters. The van der Waals surface area contributed by atoms with Crippen LogP contribution in [-0.4, -0.2) is 33.4 Å². The van der Waals surface area contributed by atoms with E-state index in [1.54, 1.807) is 32.2 Å². The van der Waals surface area contributed by atoms with E-state index in [0.717, 1.165) is 41.9 Å². The highest BCUT2D eigenvalue weighted by Gasteiger charge is 2.38. The van der Waals surface area contributed by atoms with Gasteiger partial charge in [-0.25, -0.2) is 4.39 Å². The number of anilines is 1. The highest BCUT2D eigenvalue weighted by molar-refractivity contribution is 5.51. The van der Waals surface area contributed by atoms with Gasteiger partial charge in [-0.3, -0.25) is 4.98 Å². The molecule has 1 saturated heterocycles. The Kier molecular flexibility index (Phi) is 6.17. The van der Waals surface area contributed by atoms with Gasteiger partial charge in [-0.1, -0.05) is 24.3 Å². The van der Waals surface area contributed by atoms with Gasteiger partial charge in [-0.15, -0.1) is 5.10 Å². The zero-order valence-electron chi connectivity index (χ0n) is 19.5. The second-order valence-electron chi connectivity index (χ2n) is 9.60. The first-order valence-corrected chi connectivity index (χ1v) is 11.5. The number of aromatic nitrogens is 3. The first kappa shape index (κ1) is 22.6. The Labute approximate surface area is 190 Å². The molecule has 170 valence electrons. The first-order valence-electron chi connectivity index (χ1n) is 11.5. The van der Waals surface area contributed by atoms with Gasteiger partial charge >= 0.3 is 0 Å². The predicted octanol–water partition coefficient (Wildman–Crippen LogP) is 5.00. The van der Waals surface area contributed by atoms with Crippen LogP contribution < -0.4 is 4.90 Å². The van der Waals surface area contributed by atoms with Crippen LogP contribution in [0.1, 0.15) is 67.6 Å². The van der Waals surface area contributed by atoms with Crippen LogP contribution in [0.4, 0.5) is 10.2 Å². The number of halogens is 1. The maximum Gasteiger partial charge on any atom is 0.156 e. The van der Waals surface area contributed by atoms with Crippen molar-refractivity contribution in [3.63, 3.8) is 0 Å². The van der Waals surface area contributed by atoms with Crippen LogP contribution in [-0.2, 0) is 17.7 Å². The van der Waals surface area contributed by atoms with Gasteiger partial charge in [0.2, 0.25) is 0 Å². The van der Waals surface area contributed by atoms with Gasteiger partial charge in [-0.05, 0) is 63.3 Å². The van der Waals surface area contributed by atoms with Crippen LogP contribution in [0.25, 0.3) is 0 Å². The third-order valence-electron chi connectivity index (χ3n) is 6.82. The summed E-state index contributed by atoms with van der Waals surface area (Å²) < 4.78 is 15.7. The number of allylic oxidation sites excluding steroid dienone is 4. The molecule has 1 aliphatic heterocycles. The van der Waals surface area contributed by atoms with Gasteiger partial charge in [0, 0.05) is 44.1 Å². The number of hydrogen-bond donors (Lipinski definition) is 1. The van der Waals surface area contributed by atoms with E-state index in [9.17, 15) is 5.11 Å². The minimum absolute atomic E-state index is 0.349. The Morgan fingerprint density at radius 1 is 1.09 bits per heavy atom. The molecule has 4 rings (SSSR count). The maximum atomic E-state index is 15.7. The average molecular weight is 437 g/mol. The van der Waals surface area contributed by atoms with Gasteiger partial charge in [-0.2, -0.15) is 5.10 Å². The smallest absolute Gasteiger partial charge is 0.156 e. The predicted molar refractivity (Wildman–Crippen MR) is 125 cm³/mol. The average Bonchev–Trinajstić information content (AvgIpc) is 2.78. The lowest BCUT2D eigenvalue weighted by Crippen LogP contribution is -2.41. The lowest BCUT2D eigenvalue weighted by atomic mass is 9.88. The number of piperidine rings is 1. The third kappa shape index (κ3) is 4.60. The topological polar surface area (TPSA) is 62.1 Å². The van der Waals surface area contributed by atoms with Gasteiger partial charge in [0.05, 0.1) is 17.0 Å². The standard InChI is InChI=1S/C26H33FN4O/c1-18-19(2)24(30-29-22(18)16-20-8-6-5-7-9-20)31-14-12-26(27,13-15-31)23-11-10-21(17-28-23)25(3,4)32/h6,8-11,17,32H,5,7,12-16H2,1-4H3. The minimum Gasteiger partial charge on any atom is -0.386 e. The molecule has 2 aromatic rings. The fourth-order valence-electron chi connectivity index (χ4n) is 4.45. The van der Waals surface area contributed by atoms with Crippen LogP contribution in [0.2, 0.25) is 0 Å². The molecule has 2 aromatic heterocycles. The van der Waals surface area contributed by atoms with Crippen molar-refractivity contribution in [2.75, 3.05) is 18.0 Å². The van der Waals surface area contributed by atoms with E-state index in [1.165, 1.54) is 5.57 Å². The summed E-state index contributed by atoms with van der Waals surface area (Å²) in [4.78, 5) is 6.49. The second kappa shape index (κ2) is 8.74. The van der Waals surface area contributed by atoms with Gasteiger partial charge < -0.3 is 10.0 Å². The number of hydrogen-bond acceptors (Lipinski definition) is 5. The van der Waals surface area contributed by atoms with E-state index in [0.29, 0.717) is 37.2 Å². The molecular formula is C26H33FN4O. The van der Waals surface area contributed by atoms with Gasteiger partial charge in [0.15, 0.2) is 11.5 Å². The fraction of sp³-hybridized carbons (Fsp3) is 0.500. The normalized spacial score (nSPS) is 18.6. The van der Waals surface area contributed by atoms with Crippen molar-refractivity contribution in [3.05, 3.63) is 70.2 Å². The number of aliphatic hydroxyl groups is 1. The maximum absolute atomic E-state index is 15.7. The monoisotopic (exact) mass is 436 g/mol. The Morgan fingerprint density at radius 3 is 2.44 bits per heavy atom. The molecule has 6 heteroatoms. The van der Waals surface area contributed by atoms with E-state index in [-0.39, 0.29) is 0 Å². The quantitative estimate of drug-likeness (QED) is 0.715. The van der Waals surface area contributed by atoms with Crippen molar-refractivity contribution < 1.29 is 9.50 Å². The van der Waals surface area contributed by atoms with E-state index < -0.39 is 11.3 Å². The van der Waals surface area contributed by atoms with Crippen molar-refractivity contribution in [1.82, 2.24) is 15.2 Å². The minimum atomic E-state index is -1.47. The Morgan fingerprint density at radius 2 is 1.84 bits per heavy atom. The summed E-state index contributed by atoms with van der Waals surface area (Å²) >= 11 is 0. The third-order valence-corrected chi connectivity index (χ3v) is 6.82. The summed E-state index contributed by atoms with van der Waals surface area (Å²) in [5.41, 5.74) is 3.26. The molecule has 0 atom stereocenters. The van der Waals surface area contributed by atoms with Crippen LogP contribution in [0, 0.1) is 13.8 Å². The van der Waals surface area contributed by atoms with Gasteiger partial charge in [0.25, 0.3) is 0 Å². The van der Waals surface area contributed by atoms with Crippen molar-refractivity contribution in [2.24, 2.45) is 0 Å². The molecule has 0 bridgehead atoms. The molecule has 0 amide bonds. The molecule has 1 N–H and O–H groups in total. The van der Waals surface area contributed by atoms with Crippen molar-refractivity contribution in [1.29, 1.82) is 0 Å².